The van der Waals surface area contributed by atoms with E-state index in [1.165, 1.54) is 0 Å². The molecule has 1 heterocycles. The van der Waals surface area contributed by atoms with E-state index in [4.69, 9.17) is 28.3 Å². The number of aromatic nitrogens is 1. The van der Waals surface area contributed by atoms with E-state index in [2.05, 4.69) is 4.98 Å². The Kier molecular flexibility index (Phi) is 2.99. The average Bonchev–Trinajstić information content (AvgIpc) is 2.20. The maximum atomic E-state index is 13.6. The van der Waals surface area contributed by atoms with Crippen molar-refractivity contribution in [2.75, 3.05) is 0 Å². The summed E-state index contributed by atoms with van der Waals surface area (Å²) in [4.78, 5) is 3.78. The van der Waals surface area contributed by atoms with Gasteiger partial charge in [-0.3, -0.25) is 0 Å². The number of pyridine rings is 1. The highest BCUT2D eigenvalue weighted by molar-refractivity contribution is 6.39. The van der Waals surface area contributed by atoms with Crippen LogP contribution in [0.15, 0.2) is 30.5 Å². The van der Waals surface area contributed by atoms with Gasteiger partial charge in [0, 0.05) is 11.6 Å². The number of nitrogens with zero attached hydrogens (tertiary/aromatic N) is 1. The van der Waals surface area contributed by atoms with Crippen molar-refractivity contribution in [2.45, 2.75) is 0 Å². The van der Waals surface area contributed by atoms with E-state index >= 15 is 0 Å². The first kappa shape index (κ1) is 11.2. The van der Waals surface area contributed by atoms with Crippen LogP contribution >= 0.6 is 23.2 Å². The molecule has 0 amide bonds. The Morgan fingerprint density at radius 1 is 1.19 bits per heavy atom. The quantitative estimate of drug-likeness (QED) is 0.841. The van der Waals surface area contributed by atoms with Gasteiger partial charge >= 0.3 is 0 Å². The zero-order valence-electron chi connectivity index (χ0n) is 7.92. The van der Waals surface area contributed by atoms with Crippen LogP contribution in [-0.2, 0) is 0 Å². The zero-order chi connectivity index (χ0) is 11.7. The smallest absolute Gasteiger partial charge is 0.153 e. The second-order valence-corrected chi connectivity index (χ2v) is 3.94. The molecule has 1 aromatic heterocycles. The van der Waals surface area contributed by atoms with E-state index in [0.717, 1.165) is 12.3 Å². The summed E-state index contributed by atoms with van der Waals surface area (Å²) in [5.41, 5.74) is 0.344. The van der Waals surface area contributed by atoms with Crippen LogP contribution in [0.1, 0.15) is 0 Å². The third kappa shape index (κ3) is 1.96. The molecule has 0 aliphatic carbocycles. The lowest BCUT2D eigenvalue weighted by molar-refractivity contribution is 0.466. The molecule has 0 spiro atoms. The highest BCUT2D eigenvalue weighted by Gasteiger charge is 2.14. The Balaban J connectivity index is 2.68. The van der Waals surface area contributed by atoms with Crippen molar-refractivity contribution in [3.8, 4) is 17.0 Å². The number of rotatable bonds is 1. The Morgan fingerprint density at radius 3 is 2.38 bits per heavy atom. The number of halogens is 3. The highest BCUT2D eigenvalue weighted by Crippen LogP contribution is 2.35. The maximum Gasteiger partial charge on any atom is 0.153 e. The van der Waals surface area contributed by atoms with Crippen molar-refractivity contribution in [2.24, 2.45) is 0 Å². The van der Waals surface area contributed by atoms with Gasteiger partial charge in [-0.1, -0.05) is 29.3 Å². The molecule has 0 saturated heterocycles. The highest BCUT2D eigenvalue weighted by atomic mass is 35.5. The fourth-order valence-electron chi connectivity index (χ4n) is 1.34. The van der Waals surface area contributed by atoms with Gasteiger partial charge < -0.3 is 5.11 Å². The minimum Gasteiger partial charge on any atom is -0.506 e. The molecule has 0 unspecified atom stereocenters. The SMILES string of the molecule is Oc1cnc(-c2c(Cl)cccc2Cl)c(F)c1. The van der Waals surface area contributed by atoms with Gasteiger partial charge in [-0.05, 0) is 12.1 Å². The molecule has 1 aromatic carbocycles. The predicted molar refractivity (Wildman–Crippen MR) is 61.3 cm³/mol. The van der Waals surface area contributed by atoms with E-state index in [-0.39, 0.29) is 11.4 Å². The molecule has 1 N–H and O–H groups in total. The maximum absolute atomic E-state index is 13.6. The van der Waals surface area contributed by atoms with Crippen LogP contribution in [0.4, 0.5) is 4.39 Å². The summed E-state index contributed by atoms with van der Waals surface area (Å²) in [5.74, 6) is -0.917. The number of hydrogen-bond acceptors (Lipinski definition) is 2. The molecular weight excluding hydrogens is 252 g/mol. The molecule has 0 radical (unpaired) electrons. The van der Waals surface area contributed by atoms with Gasteiger partial charge in [0.25, 0.3) is 0 Å². The fraction of sp³-hybridized carbons (Fsp3) is 0. The Labute approximate surface area is 101 Å². The topological polar surface area (TPSA) is 33.1 Å². The second kappa shape index (κ2) is 4.28. The summed E-state index contributed by atoms with van der Waals surface area (Å²) in [6.45, 7) is 0. The average molecular weight is 258 g/mol. The molecule has 0 bridgehead atoms. The van der Waals surface area contributed by atoms with Crippen molar-refractivity contribution in [3.63, 3.8) is 0 Å². The van der Waals surface area contributed by atoms with Crippen molar-refractivity contribution in [1.29, 1.82) is 0 Å². The van der Waals surface area contributed by atoms with Crippen LogP contribution in [0, 0.1) is 5.82 Å². The van der Waals surface area contributed by atoms with Crippen LogP contribution in [0.25, 0.3) is 11.3 Å². The third-order valence-electron chi connectivity index (χ3n) is 2.03. The minimum absolute atomic E-state index is 0.0217. The molecule has 2 aromatic rings. The van der Waals surface area contributed by atoms with Crippen LogP contribution < -0.4 is 0 Å². The second-order valence-electron chi connectivity index (χ2n) is 3.12. The summed E-state index contributed by atoms with van der Waals surface area (Å²) < 4.78 is 13.6. The summed E-state index contributed by atoms with van der Waals surface area (Å²) >= 11 is 11.8. The lowest BCUT2D eigenvalue weighted by atomic mass is 10.1. The summed E-state index contributed by atoms with van der Waals surface area (Å²) in [7, 11) is 0. The normalized spacial score (nSPS) is 10.4. The molecular formula is C11H6Cl2FNO. The third-order valence-corrected chi connectivity index (χ3v) is 2.66. The van der Waals surface area contributed by atoms with Crippen LogP contribution in [0.2, 0.25) is 10.0 Å². The van der Waals surface area contributed by atoms with E-state index < -0.39 is 5.82 Å². The minimum atomic E-state index is -0.671. The molecule has 2 nitrogen and oxygen atoms in total. The van der Waals surface area contributed by atoms with Gasteiger partial charge in [0.1, 0.15) is 11.4 Å². The molecule has 16 heavy (non-hydrogen) atoms. The van der Waals surface area contributed by atoms with Crippen molar-refractivity contribution >= 4 is 23.2 Å². The molecule has 82 valence electrons. The monoisotopic (exact) mass is 257 g/mol. The lowest BCUT2D eigenvalue weighted by Gasteiger charge is -2.07. The standard InChI is InChI=1S/C11H6Cl2FNO/c12-7-2-1-3-8(13)10(7)11-9(14)4-6(16)5-15-11/h1-5,16H. The molecule has 0 saturated carbocycles. The first-order valence-electron chi connectivity index (χ1n) is 4.38. The molecule has 2 rings (SSSR count). The summed E-state index contributed by atoms with van der Waals surface area (Å²) in [6, 6.07) is 5.81. The van der Waals surface area contributed by atoms with E-state index in [0.29, 0.717) is 15.6 Å². The number of aromatic hydroxyl groups is 1. The van der Waals surface area contributed by atoms with Gasteiger partial charge in [-0.25, -0.2) is 9.37 Å². The van der Waals surface area contributed by atoms with Crippen LogP contribution in [-0.4, -0.2) is 10.1 Å². The first-order valence-corrected chi connectivity index (χ1v) is 5.14. The molecule has 0 aliphatic rings. The number of benzene rings is 1. The molecule has 0 fully saturated rings. The van der Waals surface area contributed by atoms with Crippen LogP contribution in [0.5, 0.6) is 5.75 Å². The first-order chi connectivity index (χ1) is 7.59. The Hall–Kier alpha value is -1.32. The van der Waals surface area contributed by atoms with E-state index in [9.17, 15) is 4.39 Å². The summed E-state index contributed by atoms with van der Waals surface area (Å²) in [6.07, 6.45) is 1.14. The molecule has 5 heteroatoms. The molecule has 0 atom stereocenters. The predicted octanol–water partition coefficient (Wildman–Crippen LogP) is 3.90. The molecule has 0 aliphatic heterocycles. The van der Waals surface area contributed by atoms with Crippen molar-refractivity contribution in [1.82, 2.24) is 4.98 Å². The van der Waals surface area contributed by atoms with Gasteiger partial charge in [0.15, 0.2) is 5.82 Å². The Bertz CT molecular complexity index is 525. The van der Waals surface area contributed by atoms with E-state index in [1.807, 2.05) is 0 Å². The van der Waals surface area contributed by atoms with Crippen molar-refractivity contribution < 1.29 is 9.50 Å². The van der Waals surface area contributed by atoms with Gasteiger partial charge in [0.05, 0.1) is 16.2 Å². The fourth-order valence-corrected chi connectivity index (χ4v) is 1.91. The zero-order valence-corrected chi connectivity index (χ0v) is 9.43. The Morgan fingerprint density at radius 2 is 1.81 bits per heavy atom. The van der Waals surface area contributed by atoms with Gasteiger partial charge in [0.2, 0.25) is 0 Å². The van der Waals surface area contributed by atoms with E-state index in [1.54, 1.807) is 18.2 Å². The lowest BCUT2D eigenvalue weighted by Crippen LogP contribution is -1.90. The van der Waals surface area contributed by atoms with Crippen LogP contribution in [0.3, 0.4) is 0 Å². The largest absolute Gasteiger partial charge is 0.506 e. The van der Waals surface area contributed by atoms with Gasteiger partial charge in [-0.2, -0.15) is 0 Å². The van der Waals surface area contributed by atoms with Crippen molar-refractivity contribution in [3.05, 3.63) is 46.3 Å². The number of hydrogen-bond donors (Lipinski definition) is 1. The van der Waals surface area contributed by atoms with Gasteiger partial charge in [-0.15, -0.1) is 0 Å². The summed E-state index contributed by atoms with van der Waals surface area (Å²) in [5, 5.41) is 9.67.